The molecule has 8 heteroatoms. The monoisotopic (exact) mass is 335 g/mol. The van der Waals surface area contributed by atoms with E-state index in [9.17, 15) is 22.8 Å². The normalized spacial score (nSPS) is 13.8. The van der Waals surface area contributed by atoms with Crippen molar-refractivity contribution >= 4 is 23.3 Å². The average molecular weight is 335 g/mol. The summed E-state index contributed by atoms with van der Waals surface area (Å²) in [6, 6.07) is 7.63. The Kier molecular flexibility index (Phi) is 4.11. The Morgan fingerprint density at radius 2 is 1.92 bits per heavy atom. The summed E-state index contributed by atoms with van der Waals surface area (Å²) in [7, 11) is 0. The van der Waals surface area contributed by atoms with Crippen LogP contribution < -0.4 is 15.5 Å². The predicted octanol–water partition coefficient (Wildman–Crippen LogP) is 2.89. The molecule has 124 valence electrons. The number of urea groups is 1. The molecule has 3 rings (SSSR count). The molecule has 1 aliphatic heterocycles. The molecule has 3 amide bonds. The summed E-state index contributed by atoms with van der Waals surface area (Å²) in [6.07, 6.45) is 0. The van der Waals surface area contributed by atoms with Crippen LogP contribution in [0.15, 0.2) is 36.4 Å². The second-order valence-electron chi connectivity index (χ2n) is 5.11. The molecular formula is C16H12F3N3O2. The van der Waals surface area contributed by atoms with Gasteiger partial charge in [0.05, 0.1) is 5.56 Å². The molecule has 1 aliphatic rings. The maximum Gasteiger partial charge on any atom is 0.321 e. The summed E-state index contributed by atoms with van der Waals surface area (Å²) in [5.74, 6) is -5.55. The number of nitrogens with zero attached hydrogens (tertiary/aromatic N) is 1. The van der Waals surface area contributed by atoms with E-state index in [-0.39, 0.29) is 6.03 Å². The van der Waals surface area contributed by atoms with Crippen molar-refractivity contribution in [3.8, 4) is 0 Å². The summed E-state index contributed by atoms with van der Waals surface area (Å²) < 4.78 is 39.8. The Labute approximate surface area is 135 Å². The molecule has 1 saturated heterocycles. The number of hydrogen-bond donors (Lipinski definition) is 2. The maximum atomic E-state index is 13.7. The minimum absolute atomic E-state index is 0.259. The van der Waals surface area contributed by atoms with Gasteiger partial charge >= 0.3 is 6.03 Å². The van der Waals surface area contributed by atoms with Crippen LogP contribution in [0.5, 0.6) is 0 Å². The number of anilines is 2. The third-order valence-corrected chi connectivity index (χ3v) is 3.55. The van der Waals surface area contributed by atoms with E-state index in [2.05, 4.69) is 10.6 Å². The van der Waals surface area contributed by atoms with Crippen LogP contribution >= 0.6 is 0 Å². The first kappa shape index (κ1) is 15.9. The molecule has 0 radical (unpaired) electrons. The van der Waals surface area contributed by atoms with E-state index >= 15 is 0 Å². The number of rotatable bonds is 3. The number of amides is 3. The highest BCUT2D eigenvalue weighted by molar-refractivity contribution is 6.05. The lowest BCUT2D eigenvalue weighted by molar-refractivity contribution is 0.102. The van der Waals surface area contributed by atoms with E-state index in [4.69, 9.17) is 0 Å². The van der Waals surface area contributed by atoms with Crippen LogP contribution in [0, 0.1) is 17.5 Å². The molecule has 0 aromatic heterocycles. The van der Waals surface area contributed by atoms with Crippen LogP contribution in [-0.2, 0) is 0 Å². The third-order valence-electron chi connectivity index (χ3n) is 3.55. The third kappa shape index (κ3) is 2.90. The van der Waals surface area contributed by atoms with E-state index in [0.29, 0.717) is 30.5 Å². The van der Waals surface area contributed by atoms with Gasteiger partial charge in [-0.3, -0.25) is 9.69 Å². The molecule has 2 aromatic carbocycles. The standard InChI is InChI=1S/C16H12F3N3O2/c17-12-5-4-11(13(18)14(12)19)15(23)21-9-2-1-3-10(8-9)22-7-6-20-16(22)24/h1-5,8H,6-7H2,(H,20,24)(H,21,23). The van der Waals surface area contributed by atoms with Gasteiger partial charge in [-0.1, -0.05) is 6.07 Å². The zero-order chi connectivity index (χ0) is 17.3. The fourth-order valence-electron chi connectivity index (χ4n) is 2.37. The zero-order valence-electron chi connectivity index (χ0n) is 12.3. The topological polar surface area (TPSA) is 61.4 Å². The van der Waals surface area contributed by atoms with Crippen LogP contribution in [0.2, 0.25) is 0 Å². The van der Waals surface area contributed by atoms with Gasteiger partial charge in [-0.05, 0) is 30.3 Å². The molecular weight excluding hydrogens is 323 g/mol. The van der Waals surface area contributed by atoms with Gasteiger partial charge in [0.1, 0.15) is 0 Å². The molecule has 0 aliphatic carbocycles. The number of nitrogens with one attached hydrogen (secondary N) is 2. The highest BCUT2D eigenvalue weighted by Gasteiger charge is 2.22. The Hall–Kier alpha value is -3.03. The number of carbonyl (C=O) groups is 2. The van der Waals surface area contributed by atoms with Crippen molar-refractivity contribution in [3.63, 3.8) is 0 Å². The Balaban J connectivity index is 1.82. The van der Waals surface area contributed by atoms with Crippen molar-refractivity contribution < 1.29 is 22.8 Å². The van der Waals surface area contributed by atoms with Gasteiger partial charge in [-0.2, -0.15) is 0 Å². The Morgan fingerprint density at radius 1 is 1.12 bits per heavy atom. The molecule has 5 nitrogen and oxygen atoms in total. The van der Waals surface area contributed by atoms with Gasteiger partial charge in [0.2, 0.25) is 0 Å². The highest BCUT2D eigenvalue weighted by atomic mass is 19.2. The minimum atomic E-state index is -1.70. The van der Waals surface area contributed by atoms with Gasteiger partial charge in [0, 0.05) is 24.5 Å². The average Bonchev–Trinajstić information content (AvgIpc) is 2.99. The molecule has 24 heavy (non-hydrogen) atoms. The van der Waals surface area contributed by atoms with E-state index in [1.54, 1.807) is 12.1 Å². The maximum absolute atomic E-state index is 13.7. The van der Waals surface area contributed by atoms with E-state index in [0.717, 1.165) is 6.07 Å². The SMILES string of the molecule is O=C(Nc1cccc(N2CCNC2=O)c1)c1ccc(F)c(F)c1F. The molecule has 0 bridgehead atoms. The smallest absolute Gasteiger partial charge is 0.321 e. The second-order valence-corrected chi connectivity index (χ2v) is 5.11. The lowest BCUT2D eigenvalue weighted by Gasteiger charge is -2.15. The largest absolute Gasteiger partial charge is 0.336 e. The van der Waals surface area contributed by atoms with Gasteiger partial charge in [-0.15, -0.1) is 0 Å². The minimum Gasteiger partial charge on any atom is -0.336 e. The van der Waals surface area contributed by atoms with Gasteiger partial charge in [0.15, 0.2) is 17.5 Å². The van der Waals surface area contributed by atoms with Crippen LogP contribution in [0.1, 0.15) is 10.4 Å². The van der Waals surface area contributed by atoms with Gasteiger partial charge in [-0.25, -0.2) is 18.0 Å². The van der Waals surface area contributed by atoms with Crippen LogP contribution in [0.4, 0.5) is 29.3 Å². The van der Waals surface area contributed by atoms with Crippen molar-refractivity contribution in [1.29, 1.82) is 0 Å². The summed E-state index contributed by atoms with van der Waals surface area (Å²) in [6.45, 7) is 0.990. The van der Waals surface area contributed by atoms with Crippen molar-refractivity contribution in [1.82, 2.24) is 5.32 Å². The predicted molar refractivity (Wildman–Crippen MR) is 81.5 cm³/mol. The molecule has 1 heterocycles. The molecule has 1 fully saturated rings. The highest BCUT2D eigenvalue weighted by Crippen LogP contribution is 2.22. The van der Waals surface area contributed by atoms with E-state index < -0.39 is 28.9 Å². The summed E-state index contributed by atoms with van der Waals surface area (Å²) in [4.78, 5) is 25.2. The summed E-state index contributed by atoms with van der Waals surface area (Å²) >= 11 is 0. The van der Waals surface area contributed by atoms with Crippen molar-refractivity contribution in [2.75, 3.05) is 23.3 Å². The van der Waals surface area contributed by atoms with Crippen LogP contribution in [0.3, 0.4) is 0 Å². The quantitative estimate of drug-likeness (QED) is 0.848. The van der Waals surface area contributed by atoms with Gasteiger partial charge in [0.25, 0.3) is 5.91 Å². The lowest BCUT2D eigenvalue weighted by atomic mass is 10.1. The summed E-state index contributed by atoms with van der Waals surface area (Å²) in [5, 5.41) is 5.04. The lowest BCUT2D eigenvalue weighted by Crippen LogP contribution is -2.27. The van der Waals surface area contributed by atoms with Gasteiger partial charge < -0.3 is 10.6 Å². The zero-order valence-corrected chi connectivity index (χ0v) is 12.3. The number of halogens is 3. The number of hydrogen-bond acceptors (Lipinski definition) is 2. The molecule has 0 unspecified atom stereocenters. The Morgan fingerprint density at radius 3 is 2.62 bits per heavy atom. The number of carbonyl (C=O) groups excluding carboxylic acids is 2. The molecule has 2 aromatic rings. The Bertz CT molecular complexity index is 826. The van der Waals surface area contributed by atoms with Crippen LogP contribution in [0.25, 0.3) is 0 Å². The van der Waals surface area contributed by atoms with E-state index in [1.807, 2.05) is 0 Å². The van der Waals surface area contributed by atoms with Crippen LogP contribution in [-0.4, -0.2) is 25.0 Å². The van der Waals surface area contributed by atoms with Crippen molar-refractivity contribution in [3.05, 3.63) is 59.4 Å². The van der Waals surface area contributed by atoms with Crippen molar-refractivity contribution in [2.45, 2.75) is 0 Å². The molecule has 2 N–H and O–H groups in total. The second kappa shape index (κ2) is 6.23. The summed E-state index contributed by atoms with van der Waals surface area (Å²) in [5.41, 5.74) is 0.230. The first-order chi connectivity index (χ1) is 11.5. The fraction of sp³-hybridized carbons (Fsp3) is 0.125. The first-order valence-electron chi connectivity index (χ1n) is 7.07. The molecule has 0 spiro atoms. The van der Waals surface area contributed by atoms with E-state index in [1.165, 1.54) is 17.0 Å². The fourth-order valence-corrected chi connectivity index (χ4v) is 2.37. The first-order valence-corrected chi connectivity index (χ1v) is 7.07. The number of benzene rings is 2. The van der Waals surface area contributed by atoms with Crippen molar-refractivity contribution in [2.24, 2.45) is 0 Å². The molecule has 0 atom stereocenters. The molecule has 0 saturated carbocycles.